The van der Waals surface area contributed by atoms with Crippen LogP contribution in [0, 0.1) is 0 Å². The molecule has 2 N–H and O–H groups in total. The first-order valence-corrected chi connectivity index (χ1v) is 6.36. The van der Waals surface area contributed by atoms with E-state index < -0.39 is 5.78 Å². The number of aromatic nitrogens is 2. The average molecular weight is 293 g/mol. The van der Waals surface area contributed by atoms with Gasteiger partial charge in [-0.3, -0.25) is 9.48 Å². The number of hydrogen-bond acceptors (Lipinski definition) is 4. The van der Waals surface area contributed by atoms with Gasteiger partial charge in [0, 0.05) is 18.8 Å². The molecule has 0 aliphatic heterocycles. The number of halogens is 1. The quantitative estimate of drug-likeness (QED) is 0.671. The van der Waals surface area contributed by atoms with E-state index in [4.69, 9.17) is 11.6 Å². The molecule has 0 unspecified atom stereocenters. The lowest BCUT2D eigenvalue weighted by molar-refractivity contribution is 0.104. The molecule has 1 aromatic carbocycles. The number of phenolic OH excluding ortho intramolecular Hbond substituents is 2. The van der Waals surface area contributed by atoms with Crippen LogP contribution >= 0.6 is 11.6 Å². The van der Waals surface area contributed by atoms with E-state index in [0.717, 1.165) is 6.07 Å². The first-order chi connectivity index (χ1) is 9.51. The molecule has 0 amide bonds. The number of aryl methyl sites for hydroxylation is 1. The van der Waals surface area contributed by atoms with Gasteiger partial charge in [0.25, 0.3) is 0 Å². The highest BCUT2D eigenvalue weighted by molar-refractivity contribution is 6.31. The number of carbonyl (C=O) groups is 1. The molecule has 0 aliphatic carbocycles. The summed E-state index contributed by atoms with van der Waals surface area (Å²) in [6.45, 7) is 2.61. The third kappa shape index (κ3) is 3.00. The van der Waals surface area contributed by atoms with Gasteiger partial charge in [-0.1, -0.05) is 11.6 Å². The zero-order chi connectivity index (χ0) is 14.7. The summed E-state index contributed by atoms with van der Waals surface area (Å²) in [6, 6.07) is 3.79. The third-order valence-electron chi connectivity index (χ3n) is 2.71. The van der Waals surface area contributed by atoms with E-state index >= 15 is 0 Å². The molecule has 0 fully saturated rings. The lowest BCUT2D eigenvalue weighted by Gasteiger charge is -2.00. The maximum atomic E-state index is 11.9. The van der Waals surface area contributed by atoms with Crippen LogP contribution < -0.4 is 0 Å². The molecular weight excluding hydrogens is 280 g/mol. The largest absolute Gasteiger partial charge is 0.508 e. The zero-order valence-corrected chi connectivity index (χ0v) is 11.5. The summed E-state index contributed by atoms with van der Waals surface area (Å²) in [4.78, 5) is 11.9. The molecule has 104 valence electrons. The fourth-order valence-electron chi connectivity index (χ4n) is 1.66. The summed E-state index contributed by atoms with van der Waals surface area (Å²) in [5, 5.41) is 23.4. The number of benzene rings is 1. The minimum absolute atomic E-state index is 0.102. The molecule has 0 saturated heterocycles. The maximum absolute atomic E-state index is 11.9. The van der Waals surface area contributed by atoms with E-state index in [-0.39, 0.29) is 17.1 Å². The van der Waals surface area contributed by atoms with Gasteiger partial charge in [0.15, 0.2) is 5.78 Å². The Balaban J connectivity index is 2.22. The molecule has 20 heavy (non-hydrogen) atoms. The minimum Gasteiger partial charge on any atom is -0.508 e. The van der Waals surface area contributed by atoms with Crippen LogP contribution in [-0.4, -0.2) is 25.8 Å². The second-order valence-corrected chi connectivity index (χ2v) is 4.52. The first-order valence-electron chi connectivity index (χ1n) is 5.98. The molecule has 1 heterocycles. The maximum Gasteiger partial charge on any atom is 0.189 e. The summed E-state index contributed by atoms with van der Waals surface area (Å²) < 4.78 is 1.66. The topological polar surface area (TPSA) is 75.4 Å². The van der Waals surface area contributed by atoms with Gasteiger partial charge >= 0.3 is 0 Å². The van der Waals surface area contributed by atoms with Crippen LogP contribution in [0.3, 0.4) is 0 Å². The minimum atomic E-state index is -0.399. The van der Waals surface area contributed by atoms with Crippen molar-refractivity contribution in [2.24, 2.45) is 0 Å². The Hall–Kier alpha value is -2.27. The van der Waals surface area contributed by atoms with Gasteiger partial charge in [-0.15, -0.1) is 0 Å². The number of hydrogen-bond donors (Lipinski definition) is 2. The number of aromatic hydroxyl groups is 2. The van der Waals surface area contributed by atoms with E-state index in [1.807, 2.05) is 6.92 Å². The fraction of sp³-hybridized carbons (Fsp3) is 0.143. The Bertz CT molecular complexity index is 677. The predicted molar refractivity (Wildman–Crippen MR) is 76.0 cm³/mol. The van der Waals surface area contributed by atoms with E-state index in [1.54, 1.807) is 10.9 Å². The monoisotopic (exact) mass is 292 g/mol. The smallest absolute Gasteiger partial charge is 0.189 e. The van der Waals surface area contributed by atoms with Gasteiger partial charge in [-0.2, -0.15) is 5.10 Å². The van der Waals surface area contributed by atoms with Gasteiger partial charge in [0.2, 0.25) is 0 Å². The SMILES string of the molecule is CCn1cc(Cl)c(/C=C/C(=O)c2ccc(O)cc2O)n1. The summed E-state index contributed by atoms with van der Waals surface area (Å²) in [5.41, 5.74) is 0.588. The molecular formula is C14H13ClN2O3. The van der Waals surface area contributed by atoms with Crippen molar-refractivity contribution >= 4 is 23.5 Å². The van der Waals surface area contributed by atoms with E-state index in [2.05, 4.69) is 5.10 Å². The third-order valence-corrected chi connectivity index (χ3v) is 3.00. The van der Waals surface area contributed by atoms with E-state index in [9.17, 15) is 15.0 Å². The standard InChI is InChI=1S/C14H13ClN2O3/c1-2-17-8-11(15)12(16-17)5-6-13(19)10-4-3-9(18)7-14(10)20/h3-8,18,20H,2H2,1H3/b6-5+. The molecule has 0 saturated carbocycles. The number of ketones is 1. The Kier molecular flexibility index (Phi) is 4.10. The highest BCUT2D eigenvalue weighted by Gasteiger charge is 2.09. The Labute approximate surface area is 120 Å². The second-order valence-electron chi connectivity index (χ2n) is 4.12. The zero-order valence-electron chi connectivity index (χ0n) is 10.7. The highest BCUT2D eigenvalue weighted by atomic mass is 35.5. The Morgan fingerprint density at radius 2 is 2.20 bits per heavy atom. The van der Waals surface area contributed by atoms with Gasteiger partial charge < -0.3 is 10.2 Å². The van der Waals surface area contributed by atoms with Crippen LogP contribution in [0.5, 0.6) is 11.5 Å². The molecule has 1 aromatic heterocycles. The molecule has 0 spiro atoms. The van der Waals surface area contributed by atoms with Crippen LogP contribution in [-0.2, 0) is 6.54 Å². The lowest BCUT2D eigenvalue weighted by Crippen LogP contribution is -1.95. The summed E-state index contributed by atoms with van der Waals surface area (Å²) in [7, 11) is 0. The Morgan fingerprint density at radius 1 is 1.45 bits per heavy atom. The van der Waals surface area contributed by atoms with Gasteiger partial charge in [0.1, 0.15) is 17.2 Å². The molecule has 5 nitrogen and oxygen atoms in total. The lowest BCUT2D eigenvalue weighted by atomic mass is 10.1. The molecule has 6 heteroatoms. The summed E-state index contributed by atoms with van der Waals surface area (Å²) in [5.74, 6) is -0.776. The van der Waals surface area contributed by atoms with Gasteiger partial charge in [-0.05, 0) is 31.2 Å². The highest BCUT2D eigenvalue weighted by Crippen LogP contribution is 2.23. The van der Waals surface area contributed by atoms with Crippen LogP contribution in [0.25, 0.3) is 6.08 Å². The van der Waals surface area contributed by atoms with Crippen LogP contribution in [0.15, 0.2) is 30.5 Å². The van der Waals surface area contributed by atoms with Crippen molar-refractivity contribution in [3.63, 3.8) is 0 Å². The number of rotatable bonds is 4. The van der Waals surface area contributed by atoms with Gasteiger partial charge in [0.05, 0.1) is 10.6 Å². The fourth-order valence-corrected chi connectivity index (χ4v) is 1.87. The molecule has 0 atom stereocenters. The van der Waals surface area contributed by atoms with E-state index in [1.165, 1.54) is 24.3 Å². The van der Waals surface area contributed by atoms with Crippen molar-refractivity contribution in [3.8, 4) is 11.5 Å². The van der Waals surface area contributed by atoms with Crippen molar-refractivity contribution in [2.75, 3.05) is 0 Å². The molecule has 2 aromatic rings. The van der Waals surface area contributed by atoms with Crippen molar-refractivity contribution < 1.29 is 15.0 Å². The second kappa shape index (κ2) is 5.79. The normalized spacial score (nSPS) is 11.1. The van der Waals surface area contributed by atoms with E-state index in [0.29, 0.717) is 17.3 Å². The summed E-state index contributed by atoms with van der Waals surface area (Å²) in [6.07, 6.45) is 4.44. The predicted octanol–water partition coefficient (Wildman–Crippen LogP) is 2.86. The molecule has 0 bridgehead atoms. The summed E-state index contributed by atoms with van der Waals surface area (Å²) >= 11 is 5.98. The molecule has 0 radical (unpaired) electrons. The van der Waals surface area contributed by atoms with Crippen molar-refractivity contribution in [1.82, 2.24) is 9.78 Å². The van der Waals surface area contributed by atoms with Crippen molar-refractivity contribution in [3.05, 3.63) is 46.8 Å². The van der Waals surface area contributed by atoms with Crippen molar-refractivity contribution in [2.45, 2.75) is 13.5 Å². The van der Waals surface area contributed by atoms with Crippen LogP contribution in [0.4, 0.5) is 0 Å². The first kappa shape index (κ1) is 14.1. The number of carbonyl (C=O) groups excluding carboxylic acids is 1. The van der Waals surface area contributed by atoms with Crippen molar-refractivity contribution in [1.29, 1.82) is 0 Å². The van der Waals surface area contributed by atoms with Crippen LogP contribution in [0.2, 0.25) is 5.02 Å². The van der Waals surface area contributed by atoms with Crippen LogP contribution in [0.1, 0.15) is 23.0 Å². The number of nitrogens with zero attached hydrogens (tertiary/aromatic N) is 2. The number of allylic oxidation sites excluding steroid dienone is 1. The Morgan fingerprint density at radius 3 is 2.80 bits per heavy atom. The number of phenols is 2. The molecule has 0 aliphatic rings. The average Bonchev–Trinajstić information content (AvgIpc) is 2.76. The molecule has 2 rings (SSSR count). The van der Waals surface area contributed by atoms with Gasteiger partial charge in [-0.25, -0.2) is 0 Å².